The number of hydrogen-bond donors (Lipinski definition) is 1. The molecule has 29 heavy (non-hydrogen) atoms. The minimum Gasteiger partial charge on any atom is -0.491 e. The summed E-state index contributed by atoms with van der Waals surface area (Å²) in [6.07, 6.45) is 5.53. The molecule has 1 saturated heterocycles. The summed E-state index contributed by atoms with van der Waals surface area (Å²) in [5.74, 6) is 2.14. The summed E-state index contributed by atoms with van der Waals surface area (Å²) in [4.78, 5) is 18.9. The summed E-state index contributed by atoms with van der Waals surface area (Å²) in [7, 11) is 0. The minimum atomic E-state index is -1.01. The Morgan fingerprint density at radius 3 is 2.83 bits per heavy atom. The number of β-amino-alcohol motifs (C(OH)–C–C–N with tert-alkyl or cyclic N) is 1. The molecule has 1 amide bonds. The molecule has 1 atom stereocenters. The Labute approximate surface area is 173 Å². The van der Waals surface area contributed by atoms with Gasteiger partial charge in [-0.3, -0.25) is 4.79 Å². The second-order valence-corrected chi connectivity index (χ2v) is 8.56. The summed E-state index contributed by atoms with van der Waals surface area (Å²) in [6.45, 7) is 10.1. The highest BCUT2D eigenvalue weighted by Gasteiger charge is 2.36. The van der Waals surface area contributed by atoms with Gasteiger partial charge < -0.3 is 19.3 Å². The SMILES string of the molecule is Cc1ccc(OCC2(O)CCCN(C(=O)CCn3ccnc3C(C)C)C2)cc1C. The van der Waals surface area contributed by atoms with Crippen molar-refractivity contribution in [3.05, 3.63) is 47.5 Å². The lowest BCUT2D eigenvalue weighted by atomic mass is 9.93. The van der Waals surface area contributed by atoms with E-state index in [1.807, 2.05) is 35.9 Å². The van der Waals surface area contributed by atoms with E-state index in [2.05, 4.69) is 25.8 Å². The molecule has 1 aromatic heterocycles. The Morgan fingerprint density at radius 2 is 2.10 bits per heavy atom. The molecular weight excluding hydrogens is 366 g/mol. The van der Waals surface area contributed by atoms with Gasteiger partial charge in [0.25, 0.3) is 0 Å². The fourth-order valence-corrected chi connectivity index (χ4v) is 3.85. The van der Waals surface area contributed by atoms with Crippen molar-refractivity contribution in [3.63, 3.8) is 0 Å². The molecule has 6 nitrogen and oxygen atoms in total. The predicted octanol–water partition coefficient (Wildman–Crippen LogP) is 3.45. The van der Waals surface area contributed by atoms with Gasteiger partial charge in [0.05, 0.1) is 6.54 Å². The normalized spacial score (nSPS) is 19.6. The Morgan fingerprint density at radius 1 is 1.31 bits per heavy atom. The molecule has 0 spiro atoms. The quantitative estimate of drug-likeness (QED) is 0.774. The highest BCUT2D eigenvalue weighted by atomic mass is 16.5. The molecule has 1 unspecified atom stereocenters. The zero-order chi connectivity index (χ0) is 21.0. The van der Waals surface area contributed by atoms with E-state index in [1.165, 1.54) is 5.56 Å². The van der Waals surface area contributed by atoms with Crippen LogP contribution in [-0.4, -0.2) is 50.8 Å². The molecule has 1 fully saturated rings. The van der Waals surface area contributed by atoms with Crippen LogP contribution in [0, 0.1) is 13.8 Å². The van der Waals surface area contributed by atoms with Crippen LogP contribution in [-0.2, 0) is 11.3 Å². The van der Waals surface area contributed by atoms with Gasteiger partial charge in [-0.25, -0.2) is 4.98 Å². The maximum absolute atomic E-state index is 12.8. The fraction of sp³-hybridized carbons (Fsp3) is 0.565. The van der Waals surface area contributed by atoms with Crippen molar-refractivity contribution in [1.29, 1.82) is 0 Å². The Hall–Kier alpha value is -2.34. The first-order valence-electron chi connectivity index (χ1n) is 10.5. The second-order valence-electron chi connectivity index (χ2n) is 8.56. The number of carbonyl (C=O) groups is 1. The van der Waals surface area contributed by atoms with E-state index in [0.29, 0.717) is 38.4 Å². The summed E-state index contributed by atoms with van der Waals surface area (Å²) >= 11 is 0. The van der Waals surface area contributed by atoms with Crippen molar-refractivity contribution in [3.8, 4) is 5.75 Å². The molecule has 1 aliphatic heterocycles. The smallest absolute Gasteiger partial charge is 0.224 e. The summed E-state index contributed by atoms with van der Waals surface area (Å²) in [5.41, 5.74) is 1.37. The van der Waals surface area contributed by atoms with Crippen molar-refractivity contribution in [1.82, 2.24) is 14.5 Å². The van der Waals surface area contributed by atoms with Crippen LogP contribution in [0.4, 0.5) is 0 Å². The van der Waals surface area contributed by atoms with Gasteiger partial charge in [0.15, 0.2) is 0 Å². The molecule has 1 N–H and O–H groups in total. The first kappa shape index (κ1) is 21.4. The van der Waals surface area contributed by atoms with E-state index in [4.69, 9.17) is 4.74 Å². The largest absolute Gasteiger partial charge is 0.491 e. The number of benzene rings is 1. The van der Waals surface area contributed by atoms with E-state index in [-0.39, 0.29) is 12.5 Å². The van der Waals surface area contributed by atoms with Crippen LogP contribution in [0.1, 0.15) is 56.0 Å². The van der Waals surface area contributed by atoms with Crippen molar-refractivity contribution in [2.24, 2.45) is 0 Å². The maximum Gasteiger partial charge on any atom is 0.224 e. The average Bonchev–Trinajstić information content (AvgIpc) is 3.16. The first-order valence-corrected chi connectivity index (χ1v) is 10.5. The van der Waals surface area contributed by atoms with Gasteiger partial charge in [-0.1, -0.05) is 19.9 Å². The van der Waals surface area contributed by atoms with Crippen molar-refractivity contribution >= 4 is 5.91 Å². The highest BCUT2D eigenvalue weighted by Crippen LogP contribution is 2.24. The number of piperidine rings is 1. The van der Waals surface area contributed by atoms with Crippen molar-refractivity contribution < 1.29 is 14.6 Å². The summed E-state index contributed by atoms with van der Waals surface area (Å²) < 4.78 is 7.92. The third kappa shape index (κ3) is 5.38. The Bertz CT molecular complexity index is 846. The molecule has 2 aromatic rings. The molecule has 158 valence electrons. The lowest BCUT2D eigenvalue weighted by molar-refractivity contribution is -0.140. The molecule has 0 bridgehead atoms. The van der Waals surface area contributed by atoms with Gasteiger partial charge in [-0.2, -0.15) is 0 Å². The Kier molecular flexibility index (Phi) is 6.63. The molecule has 1 aliphatic rings. The van der Waals surface area contributed by atoms with Crippen LogP contribution in [0.2, 0.25) is 0 Å². The number of ether oxygens (including phenoxy) is 1. The van der Waals surface area contributed by atoms with Crippen LogP contribution in [0.5, 0.6) is 5.75 Å². The van der Waals surface area contributed by atoms with Crippen molar-refractivity contribution in [2.45, 2.75) is 65.0 Å². The third-order valence-electron chi connectivity index (χ3n) is 5.72. The molecule has 6 heteroatoms. The average molecular weight is 400 g/mol. The van der Waals surface area contributed by atoms with Crippen LogP contribution in [0.15, 0.2) is 30.6 Å². The number of aromatic nitrogens is 2. The van der Waals surface area contributed by atoms with Crippen molar-refractivity contribution in [2.75, 3.05) is 19.7 Å². The molecule has 0 radical (unpaired) electrons. The van der Waals surface area contributed by atoms with E-state index in [9.17, 15) is 9.90 Å². The molecular formula is C23H33N3O3. The van der Waals surface area contributed by atoms with Crippen LogP contribution >= 0.6 is 0 Å². The number of aliphatic hydroxyl groups is 1. The van der Waals surface area contributed by atoms with Crippen LogP contribution in [0.3, 0.4) is 0 Å². The number of nitrogens with zero attached hydrogens (tertiary/aromatic N) is 3. The van der Waals surface area contributed by atoms with Gasteiger partial charge in [0, 0.05) is 37.8 Å². The molecule has 3 rings (SSSR count). The van der Waals surface area contributed by atoms with E-state index >= 15 is 0 Å². The monoisotopic (exact) mass is 399 g/mol. The fourth-order valence-electron chi connectivity index (χ4n) is 3.85. The number of amides is 1. The summed E-state index contributed by atoms with van der Waals surface area (Å²) in [6, 6.07) is 5.93. The highest BCUT2D eigenvalue weighted by molar-refractivity contribution is 5.76. The van der Waals surface area contributed by atoms with E-state index in [0.717, 1.165) is 23.6 Å². The molecule has 2 heterocycles. The zero-order valence-electron chi connectivity index (χ0n) is 18.0. The molecule has 1 aromatic carbocycles. The van der Waals surface area contributed by atoms with Gasteiger partial charge in [0.2, 0.25) is 5.91 Å². The molecule has 0 saturated carbocycles. The zero-order valence-corrected chi connectivity index (χ0v) is 18.0. The number of rotatable bonds is 7. The third-order valence-corrected chi connectivity index (χ3v) is 5.72. The van der Waals surface area contributed by atoms with E-state index < -0.39 is 5.60 Å². The van der Waals surface area contributed by atoms with Gasteiger partial charge >= 0.3 is 0 Å². The second kappa shape index (κ2) is 8.99. The minimum absolute atomic E-state index is 0.0673. The number of likely N-dealkylation sites (tertiary alicyclic amines) is 1. The van der Waals surface area contributed by atoms with Gasteiger partial charge in [-0.15, -0.1) is 0 Å². The standard InChI is InChI=1S/C23H33N3O3/c1-17(2)22-24-10-13-25(22)12-8-21(27)26-11-5-9-23(28,15-26)16-29-20-7-6-18(3)19(4)14-20/h6-7,10,13-14,17,28H,5,8-9,11-12,15-16H2,1-4H3. The van der Waals surface area contributed by atoms with E-state index in [1.54, 1.807) is 11.1 Å². The lowest BCUT2D eigenvalue weighted by Crippen LogP contribution is -2.53. The summed E-state index contributed by atoms with van der Waals surface area (Å²) in [5, 5.41) is 11.0. The first-order chi connectivity index (χ1) is 13.8. The van der Waals surface area contributed by atoms with Gasteiger partial charge in [0.1, 0.15) is 23.8 Å². The van der Waals surface area contributed by atoms with Crippen LogP contribution in [0.25, 0.3) is 0 Å². The number of hydrogen-bond acceptors (Lipinski definition) is 4. The number of aryl methyl sites for hydroxylation is 3. The Balaban J connectivity index is 1.55. The maximum atomic E-state index is 12.8. The predicted molar refractivity (Wildman–Crippen MR) is 113 cm³/mol. The van der Waals surface area contributed by atoms with Crippen LogP contribution < -0.4 is 4.74 Å². The molecule has 0 aliphatic carbocycles. The topological polar surface area (TPSA) is 67.6 Å². The van der Waals surface area contributed by atoms with Gasteiger partial charge in [-0.05, 0) is 49.9 Å². The number of imidazole rings is 1. The number of carbonyl (C=O) groups excluding carboxylic acids is 1. The lowest BCUT2D eigenvalue weighted by Gasteiger charge is -2.39.